The van der Waals surface area contributed by atoms with E-state index in [2.05, 4.69) is 19.5 Å². The minimum atomic E-state index is -4.89. The van der Waals surface area contributed by atoms with E-state index in [9.17, 15) is 24.5 Å². The Morgan fingerprint density at radius 1 is 1.21 bits per heavy atom. The van der Waals surface area contributed by atoms with Crippen LogP contribution >= 0.6 is 7.82 Å². The van der Waals surface area contributed by atoms with Gasteiger partial charge in [-0.3, -0.25) is 14.0 Å². The Labute approximate surface area is 192 Å². The van der Waals surface area contributed by atoms with Gasteiger partial charge in [-0.05, 0) is 12.0 Å². The zero-order chi connectivity index (χ0) is 24.5. The molecule has 6 atom stereocenters. The number of carbonyl (C=O) groups excluding carboxylic acids is 1. The average molecular weight is 494 g/mol. The van der Waals surface area contributed by atoms with E-state index in [1.165, 1.54) is 17.2 Å². The van der Waals surface area contributed by atoms with E-state index in [0.29, 0.717) is 0 Å². The van der Waals surface area contributed by atoms with Gasteiger partial charge in [0.15, 0.2) is 17.7 Å². The molecule has 2 aromatic heterocycles. The van der Waals surface area contributed by atoms with Gasteiger partial charge in [-0.25, -0.2) is 24.3 Å². The van der Waals surface area contributed by atoms with Gasteiger partial charge in [0.05, 0.1) is 12.9 Å². The summed E-state index contributed by atoms with van der Waals surface area (Å²) in [6.07, 6.45) is -2.76. The van der Waals surface area contributed by atoms with Crippen LogP contribution in [0.15, 0.2) is 43.0 Å². The molecule has 0 saturated carbocycles. The Morgan fingerprint density at radius 2 is 1.94 bits per heavy atom. The summed E-state index contributed by atoms with van der Waals surface area (Å²) in [5.74, 6) is -1.02. The Morgan fingerprint density at radius 3 is 2.68 bits per heavy atom. The number of aromatic nitrogens is 4. The van der Waals surface area contributed by atoms with Crippen molar-refractivity contribution in [1.82, 2.24) is 19.5 Å². The number of rotatable bonds is 8. The molecule has 1 aliphatic rings. The molecular weight excluding hydrogens is 471 g/mol. The molecule has 0 spiro atoms. The number of anilines is 1. The molecule has 14 nitrogen and oxygen atoms in total. The van der Waals surface area contributed by atoms with Crippen LogP contribution in [0.1, 0.15) is 11.8 Å². The molecule has 1 aromatic carbocycles. The Hall–Kier alpha value is -2.97. The summed E-state index contributed by atoms with van der Waals surface area (Å²) in [6, 6.07) is 7.60. The van der Waals surface area contributed by atoms with Crippen LogP contribution in [0.5, 0.6) is 0 Å². The van der Waals surface area contributed by atoms with Crippen LogP contribution in [0.25, 0.3) is 11.2 Å². The molecule has 0 bridgehead atoms. The van der Waals surface area contributed by atoms with Crippen LogP contribution in [0.3, 0.4) is 0 Å². The minimum absolute atomic E-state index is 0.0882. The third-order valence-corrected chi connectivity index (χ3v) is 6.09. The fraction of sp³-hybridized carbons (Fsp3) is 0.368. The molecule has 1 saturated heterocycles. The Bertz CT molecular complexity index is 1210. The molecule has 0 aliphatic carbocycles. The highest BCUT2D eigenvalue weighted by Crippen LogP contribution is 2.45. The molecule has 34 heavy (non-hydrogen) atoms. The van der Waals surface area contributed by atoms with E-state index in [4.69, 9.17) is 20.7 Å². The van der Waals surface area contributed by atoms with Crippen molar-refractivity contribution in [2.75, 3.05) is 12.3 Å². The molecule has 4 rings (SSSR count). The number of phosphoric ester groups is 1. The largest absolute Gasteiger partial charge is 0.529 e. The molecule has 0 radical (unpaired) electrons. The SMILES string of the molecule is Nc1ncnc2c1ncn2[C@@H]1O[C@H](COP(=O)(O)OC(=O)[C@@H](N)Cc2ccccc2)C(O)C1O. The zero-order valence-electron chi connectivity index (χ0n) is 17.6. The summed E-state index contributed by atoms with van der Waals surface area (Å²) in [4.78, 5) is 34.0. The van der Waals surface area contributed by atoms with Crippen LogP contribution < -0.4 is 11.5 Å². The minimum Gasteiger partial charge on any atom is -0.387 e. The number of ether oxygens (including phenoxy) is 1. The lowest BCUT2D eigenvalue weighted by Gasteiger charge is -2.18. The van der Waals surface area contributed by atoms with Crippen molar-refractivity contribution >= 4 is 30.8 Å². The second-order valence-electron chi connectivity index (χ2n) is 7.60. The van der Waals surface area contributed by atoms with E-state index >= 15 is 0 Å². The number of nitrogens with two attached hydrogens (primary N) is 2. The molecular formula is C19H23N6O8P. The lowest BCUT2D eigenvalue weighted by atomic mass is 10.1. The quantitative estimate of drug-likeness (QED) is 0.244. The highest BCUT2D eigenvalue weighted by molar-refractivity contribution is 7.48. The van der Waals surface area contributed by atoms with Crippen LogP contribution in [0.4, 0.5) is 5.82 Å². The third-order valence-electron chi connectivity index (χ3n) is 5.21. The summed E-state index contributed by atoms with van der Waals surface area (Å²) < 4.78 is 28.5. The molecule has 3 aromatic rings. The summed E-state index contributed by atoms with van der Waals surface area (Å²) >= 11 is 0. The third kappa shape index (κ3) is 5.08. The second-order valence-corrected chi connectivity index (χ2v) is 8.98. The van der Waals surface area contributed by atoms with Crippen molar-refractivity contribution in [2.45, 2.75) is 37.0 Å². The maximum absolute atomic E-state index is 12.2. The standard InChI is InChI=1S/C19H23N6O8P/c20-11(6-10-4-2-1-3-5-10)19(28)33-34(29,30)31-7-12-14(26)15(27)18(32-12)25-9-24-13-16(21)22-8-23-17(13)25/h1-5,8-9,11-12,14-15,18,26-27H,6-7,20H2,(H,29,30)(H2,21,22,23)/t11-,12+,14?,15?,18+/m0/s1. The van der Waals surface area contributed by atoms with Gasteiger partial charge in [-0.1, -0.05) is 30.3 Å². The highest BCUT2D eigenvalue weighted by Gasteiger charge is 2.45. The lowest BCUT2D eigenvalue weighted by Crippen LogP contribution is -2.35. The second kappa shape index (κ2) is 9.72. The molecule has 0 amide bonds. The molecule has 182 valence electrons. The first-order chi connectivity index (χ1) is 16.2. The smallest absolute Gasteiger partial charge is 0.387 e. The summed E-state index contributed by atoms with van der Waals surface area (Å²) in [7, 11) is -4.89. The van der Waals surface area contributed by atoms with Gasteiger partial charge in [0.1, 0.15) is 36.2 Å². The zero-order valence-corrected chi connectivity index (χ0v) is 18.5. The van der Waals surface area contributed by atoms with E-state index < -0.39 is 51.0 Å². The first-order valence-electron chi connectivity index (χ1n) is 10.1. The maximum Gasteiger partial charge on any atom is 0.529 e. The summed E-state index contributed by atoms with van der Waals surface area (Å²) in [5, 5.41) is 20.8. The van der Waals surface area contributed by atoms with E-state index in [1.54, 1.807) is 30.3 Å². The van der Waals surface area contributed by atoms with E-state index in [1.807, 2.05) is 0 Å². The number of phosphoric acid groups is 1. The molecule has 3 heterocycles. The normalized spacial score (nSPS) is 25.2. The average Bonchev–Trinajstić information content (AvgIpc) is 3.35. The van der Waals surface area contributed by atoms with Crippen LogP contribution in [0, 0.1) is 0 Å². The number of aliphatic hydroxyl groups excluding tert-OH is 2. The van der Waals surface area contributed by atoms with Crippen molar-refractivity contribution in [1.29, 1.82) is 0 Å². The molecule has 7 N–H and O–H groups in total. The number of hydrogen-bond donors (Lipinski definition) is 5. The number of fused-ring (bicyclic) bond motifs is 1. The van der Waals surface area contributed by atoms with Gasteiger partial charge < -0.3 is 30.9 Å². The summed E-state index contributed by atoms with van der Waals surface area (Å²) in [5.41, 5.74) is 12.8. The number of aliphatic hydroxyl groups is 2. The van der Waals surface area contributed by atoms with Crippen molar-refractivity contribution in [3.05, 3.63) is 48.5 Å². The van der Waals surface area contributed by atoms with Gasteiger partial charge in [-0.15, -0.1) is 0 Å². The Kier molecular flexibility index (Phi) is 6.91. The first-order valence-corrected chi connectivity index (χ1v) is 11.6. The predicted octanol–water partition coefficient (Wildman–Crippen LogP) is -0.742. The molecule has 3 unspecified atom stereocenters. The van der Waals surface area contributed by atoms with E-state index in [-0.39, 0.29) is 23.4 Å². The van der Waals surface area contributed by atoms with Gasteiger partial charge >= 0.3 is 13.8 Å². The molecule has 1 fully saturated rings. The summed E-state index contributed by atoms with van der Waals surface area (Å²) in [6.45, 7) is -0.673. The number of nitrogen functional groups attached to an aromatic ring is 1. The van der Waals surface area contributed by atoms with Crippen molar-refractivity contribution in [2.24, 2.45) is 5.73 Å². The van der Waals surface area contributed by atoms with Gasteiger partial charge in [0.2, 0.25) is 0 Å². The van der Waals surface area contributed by atoms with Crippen LogP contribution in [0.2, 0.25) is 0 Å². The van der Waals surface area contributed by atoms with Gasteiger partial charge in [0.25, 0.3) is 0 Å². The maximum atomic E-state index is 12.2. The number of benzene rings is 1. The van der Waals surface area contributed by atoms with Gasteiger partial charge in [0, 0.05) is 0 Å². The number of nitrogens with zero attached hydrogens (tertiary/aromatic N) is 4. The van der Waals surface area contributed by atoms with Crippen LogP contribution in [-0.4, -0.2) is 71.6 Å². The molecule has 15 heteroatoms. The monoisotopic (exact) mass is 494 g/mol. The Balaban J connectivity index is 1.36. The lowest BCUT2D eigenvalue weighted by molar-refractivity contribution is -0.137. The first kappa shape index (κ1) is 24.2. The predicted molar refractivity (Wildman–Crippen MR) is 116 cm³/mol. The fourth-order valence-corrected chi connectivity index (χ4v) is 4.23. The number of hydrogen-bond acceptors (Lipinski definition) is 12. The van der Waals surface area contributed by atoms with E-state index in [0.717, 1.165) is 5.56 Å². The van der Waals surface area contributed by atoms with Crippen molar-refractivity contribution < 1.29 is 38.3 Å². The number of carbonyl (C=O) groups is 1. The van der Waals surface area contributed by atoms with Crippen molar-refractivity contribution in [3.63, 3.8) is 0 Å². The van der Waals surface area contributed by atoms with Crippen molar-refractivity contribution in [3.8, 4) is 0 Å². The van der Waals surface area contributed by atoms with Gasteiger partial charge in [-0.2, -0.15) is 0 Å². The highest BCUT2D eigenvalue weighted by atomic mass is 31.2. The fourth-order valence-electron chi connectivity index (χ4n) is 3.48. The topological polar surface area (TPSA) is 218 Å². The molecule has 1 aliphatic heterocycles. The number of imidazole rings is 1. The van der Waals surface area contributed by atoms with Crippen LogP contribution in [-0.2, 0) is 29.6 Å².